The molecule has 0 heterocycles. The molecule has 0 saturated heterocycles. The van der Waals surface area contributed by atoms with Gasteiger partial charge in [-0.05, 0) is 50.5 Å². The summed E-state index contributed by atoms with van der Waals surface area (Å²) in [6.07, 6.45) is 1.80. The van der Waals surface area contributed by atoms with E-state index in [1.54, 1.807) is 12.1 Å². The fourth-order valence-electron chi connectivity index (χ4n) is 2.88. The number of rotatable bonds is 6. The third-order valence-corrected chi connectivity index (χ3v) is 4.24. The van der Waals surface area contributed by atoms with Crippen LogP contribution in [0.5, 0.6) is 0 Å². The number of anilines is 1. The molecule has 0 aliphatic rings. The highest BCUT2D eigenvalue weighted by Crippen LogP contribution is 2.17. The van der Waals surface area contributed by atoms with Crippen molar-refractivity contribution < 1.29 is 4.79 Å². The van der Waals surface area contributed by atoms with Gasteiger partial charge in [0.15, 0.2) is 0 Å². The van der Waals surface area contributed by atoms with Crippen LogP contribution < -0.4 is 5.73 Å². The number of amides is 1. The first-order chi connectivity index (χ1) is 11.0. The van der Waals surface area contributed by atoms with Crippen molar-refractivity contribution in [3.63, 3.8) is 0 Å². The Morgan fingerprint density at radius 2 is 1.83 bits per heavy atom. The Kier molecular flexibility index (Phi) is 5.80. The van der Waals surface area contributed by atoms with E-state index in [1.165, 1.54) is 11.1 Å². The van der Waals surface area contributed by atoms with E-state index in [1.807, 2.05) is 24.0 Å². The number of hydrogen-bond donors (Lipinski definition) is 1. The van der Waals surface area contributed by atoms with Crippen LogP contribution in [0.3, 0.4) is 0 Å². The normalized spacial score (nSPS) is 12.0. The number of nitrogens with two attached hydrogens (primary N) is 1. The minimum absolute atomic E-state index is 0.0544. The first-order valence-electron chi connectivity index (χ1n) is 8.27. The van der Waals surface area contributed by atoms with Gasteiger partial charge in [-0.3, -0.25) is 4.79 Å². The van der Waals surface area contributed by atoms with Gasteiger partial charge in [0.25, 0.3) is 5.91 Å². The monoisotopic (exact) mass is 310 g/mol. The minimum atomic E-state index is 0.0544. The Balaban J connectivity index is 2.19. The van der Waals surface area contributed by atoms with Crippen molar-refractivity contribution in [2.45, 2.75) is 39.7 Å². The summed E-state index contributed by atoms with van der Waals surface area (Å²) >= 11 is 0. The molecule has 0 radical (unpaired) electrons. The molecule has 23 heavy (non-hydrogen) atoms. The number of carbonyl (C=O) groups excluding carboxylic acids is 1. The molecule has 2 aromatic rings. The van der Waals surface area contributed by atoms with Crippen LogP contribution in [0.15, 0.2) is 48.5 Å². The molecule has 1 atom stereocenters. The molecular weight excluding hydrogens is 284 g/mol. The second-order valence-corrected chi connectivity index (χ2v) is 5.97. The molecule has 1 unspecified atom stereocenters. The van der Waals surface area contributed by atoms with E-state index in [4.69, 9.17) is 5.73 Å². The third-order valence-electron chi connectivity index (χ3n) is 4.24. The smallest absolute Gasteiger partial charge is 0.254 e. The largest absolute Gasteiger partial charge is 0.399 e. The number of aryl methyl sites for hydroxylation is 1. The highest BCUT2D eigenvalue weighted by Gasteiger charge is 2.22. The average molecular weight is 310 g/mol. The lowest BCUT2D eigenvalue weighted by Gasteiger charge is -2.30. The number of nitrogens with zero attached hydrogens (tertiary/aromatic N) is 1. The molecule has 2 rings (SSSR count). The Morgan fingerprint density at radius 1 is 1.13 bits per heavy atom. The molecule has 0 saturated carbocycles. The van der Waals surface area contributed by atoms with Crippen molar-refractivity contribution in [2.75, 3.05) is 12.3 Å². The summed E-state index contributed by atoms with van der Waals surface area (Å²) in [7, 11) is 0. The fourth-order valence-corrected chi connectivity index (χ4v) is 2.88. The van der Waals surface area contributed by atoms with Crippen molar-refractivity contribution >= 4 is 11.6 Å². The Morgan fingerprint density at radius 3 is 2.39 bits per heavy atom. The van der Waals surface area contributed by atoms with Crippen LogP contribution in [-0.4, -0.2) is 23.4 Å². The van der Waals surface area contributed by atoms with Crippen LogP contribution in [0, 0.1) is 6.92 Å². The van der Waals surface area contributed by atoms with Crippen LogP contribution in [0.4, 0.5) is 5.69 Å². The SMILES string of the molecule is CCC(Cc1ccc(C)cc1)N(CC)C(=O)c1cccc(N)c1. The van der Waals surface area contributed by atoms with Gasteiger partial charge in [-0.1, -0.05) is 42.8 Å². The number of likely N-dealkylation sites (N-methyl/N-ethyl adjacent to an activating group) is 1. The van der Waals surface area contributed by atoms with Crippen molar-refractivity contribution in [2.24, 2.45) is 0 Å². The molecule has 1 amide bonds. The summed E-state index contributed by atoms with van der Waals surface area (Å²) in [4.78, 5) is 14.8. The molecule has 122 valence electrons. The van der Waals surface area contributed by atoms with Gasteiger partial charge in [-0.2, -0.15) is 0 Å². The van der Waals surface area contributed by atoms with E-state index in [9.17, 15) is 4.79 Å². The molecular formula is C20H26N2O. The van der Waals surface area contributed by atoms with Gasteiger partial charge in [-0.15, -0.1) is 0 Å². The first kappa shape index (κ1) is 17.1. The maximum absolute atomic E-state index is 12.8. The summed E-state index contributed by atoms with van der Waals surface area (Å²) in [6.45, 7) is 6.94. The predicted molar refractivity (Wildman–Crippen MR) is 96.5 cm³/mol. The van der Waals surface area contributed by atoms with Crippen LogP contribution in [0.25, 0.3) is 0 Å². The van der Waals surface area contributed by atoms with Crippen LogP contribution in [-0.2, 0) is 6.42 Å². The van der Waals surface area contributed by atoms with Gasteiger partial charge in [0.1, 0.15) is 0 Å². The Hall–Kier alpha value is -2.29. The number of carbonyl (C=O) groups is 1. The average Bonchev–Trinajstić information content (AvgIpc) is 2.56. The van der Waals surface area contributed by atoms with Gasteiger partial charge in [0, 0.05) is 23.8 Å². The van der Waals surface area contributed by atoms with Crippen molar-refractivity contribution in [1.82, 2.24) is 4.90 Å². The van der Waals surface area contributed by atoms with Crippen LogP contribution in [0.1, 0.15) is 41.8 Å². The molecule has 0 aliphatic heterocycles. The molecule has 3 nitrogen and oxygen atoms in total. The highest BCUT2D eigenvalue weighted by molar-refractivity contribution is 5.95. The molecule has 2 N–H and O–H groups in total. The van der Waals surface area contributed by atoms with E-state index in [0.29, 0.717) is 17.8 Å². The summed E-state index contributed by atoms with van der Waals surface area (Å²) < 4.78 is 0. The second kappa shape index (κ2) is 7.82. The summed E-state index contributed by atoms with van der Waals surface area (Å²) in [5.74, 6) is 0.0544. The van der Waals surface area contributed by atoms with E-state index in [0.717, 1.165) is 12.8 Å². The standard InChI is InChI=1S/C20H26N2O/c1-4-19(13-16-11-9-15(3)10-12-16)22(5-2)20(23)17-7-6-8-18(21)14-17/h6-12,14,19H,4-5,13,21H2,1-3H3. The second-order valence-electron chi connectivity index (χ2n) is 5.97. The van der Waals surface area contributed by atoms with Gasteiger partial charge in [-0.25, -0.2) is 0 Å². The number of hydrogen-bond acceptors (Lipinski definition) is 2. The molecule has 2 aromatic carbocycles. The first-order valence-corrected chi connectivity index (χ1v) is 8.27. The zero-order chi connectivity index (χ0) is 16.8. The van der Waals surface area contributed by atoms with Gasteiger partial charge >= 0.3 is 0 Å². The van der Waals surface area contributed by atoms with E-state index in [-0.39, 0.29) is 11.9 Å². The Labute approximate surface area is 139 Å². The molecule has 0 fully saturated rings. The summed E-state index contributed by atoms with van der Waals surface area (Å²) in [5.41, 5.74) is 9.62. The summed E-state index contributed by atoms with van der Waals surface area (Å²) in [5, 5.41) is 0. The minimum Gasteiger partial charge on any atom is -0.399 e. The highest BCUT2D eigenvalue weighted by atomic mass is 16.2. The van der Waals surface area contributed by atoms with Crippen LogP contribution >= 0.6 is 0 Å². The maximum Gasteiger partial charge on any atom is 0.254 e. The van der Waals surface area contributed by atoms with Gasteiger partial charge < -0.3 is 10.6 Å². The molecule has 0 bridgehead atoms. The molecule has 0 spiro atoms. The van der Waals surface area contributed by atoms with E-state index >= 15 is 0 Å². The molecule has 0 aliphatic carbocycles. The van der Waals surface area contributed by atoms with Crippen molar-refractivity contribution in [1.29, 1.82) is 0 Å². The van der Waals surface area contributed by atoms with E-state index < -0.39 is 0 Å². The topological polar surface area (TPSA) is 46.3 Å². The lowest BCUT2D eigenvalue weighted by atomic mass is 10.0. The third kappa shape index (κ3) is 4.35. The zero-order valence-electron chi connectivity index (χ0n) is 14.3. The number of benzene rings is 2. The zero-order valence-corrected chi connectivity index (χ0v) is 14.3. The van der Waals surface area contributed by atoms with Crippen LogP contribution in [0.2, 0.25) is 0 Å². The van der Waals surface area contributed by atoms with Crippen molar-refractivity contribution in [3.05, 3.63) is 65.2 Å². The van der Waals surface area contributed by atoms with Gasteiger partial charge in [0.2, 0.25) is 0 Å². The van der Waals surface area contributed by atoms with Gasteiger partial charge in [0.05, 0.1) is 0 Å². The predicted octanol–water partition coefficient (Wildman–Crippen LogP) is 4.06. The molecule has 3 heteroatoms. The quantitative estimate of drug-likeness (QED) is 0.818. The molecule has 0 aromatic heterocycles. The van der Waals surface area contributed by atoms with E-state index in [2.05, 4.69) is 38.1 Å². The lowest BCUT2D eigenvalue weighted by Crippen LogP contribution is -2.41. The van der Waals surface area contributed by atoms with Crippen molar-refractivity contribution in [3.8, 4) is 0 Å². The summed E-state index contributed by atoms with van der Waals surface area (Å²) in [6, 6.07) is 16.0. The number of nitrogen functional groups attached to an aromatic ring is 1. The Bertz CT molecular complexity index is 649. The lowest BCUT2D eigenvalue weighted by molar-refractivity contribution is 0.0684. The fraction of sp³-hybridized carbons (Fsp3) is 0.350. The maximum atomic E-state index is 12.8.